The zero-order valence-corrected chi connectivity index (χ0v) is 16.6. The Kier molecular flexibility index (Phi) is 7.84. The van der Waals surface area contributed by atoms with Gasteiger partial charge in [0, 0.05) is 23.5 Å². The Morgan fingerprint density at radius 1 is 1.21 bits per heavy atom. The molecule has 0 aliphatic heterocycles. The number of rotatable bonds is 6. The van der Waals surface area contributed by atoms with Crippen molar-refractivity contribution in [2.24, 2.45) is 5.73 Å². The lowest BCUT2D eigenvalue weighted by Crippen LogP contribution is -2.16. The molecule has 0 saturated heterocycles. The second-order valence-corrected chi connectivity index (χ2v) is 6.36. The molecule has 0 saturated carbocycles. The summed E-state index contributed by atoms with van der Waals surface area (Å²) in [7, 11) is 0. The molecule has 0 unspecified atom stereocenters. The first kappa shape index (κ1) is 23.7. The molecule has 1 aromatic heterocycles. The molecule has 0 spiro atoms. The zero-order valence-electron chi connectivity index (χ0n) is 15.8. The molecule has 9 heteroatoms. The van der Waals surface area contributed by atoms with Gasteiger partial charge in [0.15, 0.2) is 5.78 Å². The number of halogens is 4. The number of ketones is 1. The van der Waals surface area contributed by atoms with E-state index in [4.69, 9.17) is 5.73 Å². The summed E-state index contributed by atoms with van der Waals surface area (Å²) in [6, 6.07) is 3.21. The minimum atomic E-state index is -4.55. The summed E-state index contributed by atoms with van der Waals surface area (Å²) >= 11 is 0. The molecule has 1 aromatic carbocycles. The maximum absolute atomic E-state index is 13.1. The second-order valence-electron chi connectivity index (χ2n) is 6.36. The van der Waals surface area contributed by atoms with E-state index in [1.165, 1.54) is 13.0 Å². The van der Waals surface area contributed by atoms with E-state index in [-0.39, 0.29) is 41.7 Å². The molecule has 0 radical (unpaired) electrons. The van der Waals surface area contributed by atoms with Crippen LogP contribution in [0.15, 0.2) is 18.2 Å². The number of carbonyl (C=O) groups excluding carboxylic acids is 2. The molecule has 5 nitrogen and oxygen atoms in total. The molecule has 28 heavy (non-hydrogen) atoms. The van der Waals surface area contributed by atoms with Crippen LogP contribution in [0.25, 0.3) is 0 Å². The van der Waals surface area contributed by atoms with Gasteiger partial charge in [-0.1, -0.05) is 13.3 Å². The normalized spacial score (nSPS) is 11.1. The van der Waals surface area contributed by atoms with Gasteiger partial charge >= 0.3 is 6.18 Å². The molecule has 1 amide bonds. The van der Waals surface area contributed by atoms with Gasteiger partial charge in [0.25, 0.3) is 5.91 Å². The van der Waals surface area contributed by atoms with Gasteiger partial charge in [-0.15, -0.1) is 12.4 Å². The van der Waals surface area contributed by atoms with Crippen LogP contribution in [0.1, 0.15) is 63.5 Å². The lowest BCUT2D eigenvalue weighted by Gasteiger charge is -2.13. The fraction of sp³-hybridized carbons (Fsp3) is 0.368. The van der Waals surface area contributed by atoms with Crippen molar-refractivity contribution < 1.29 is 22.8 Å². The number of nitrogens with one attached hydrogen (secondary N) is 2. The van der Waals surface area contributed by atoms with Crippen LogP contribution in [0.5, 0.6) is 0 Å². The predicted molar refractivity (Wildman–Crippen MR) is 104 cm³/mol. The van der Waals surface area contributed by atoms with Gasteiger partial charge in [0.05, 0.1) is 5.56 Å². The molecule has 0 fully saturated rings. The van der Waals surface area contributed by atoms with E-state index in [0.717, 1.165) is 12.1 Å². The highest BCUT2D eigenvalue weighted by atomic mass is 35.5. The van der Waals surface area contributed by atoms with E-state index < -0.39 is 17.6 Å². The summed E-state index contributed by atoms with van der Waals surface area (Å²) in [5, 5.41) is 2.49. The van der Waals surface area contributed by atoms with Crippen LogP contribution in [-0.2, 0) is 19.1 Å². The van der Waals surface area contributed by atoms with Gasteiger partial charge in [-0.3, -0.25) is 9.59 Å². The number of nitrogens with two attached hydrogens (primary N) is 1. The van der Waals surface area contributed by atoms with Crippen molar-refractivity contribution in [2.75, 3.05) is 5.32 Å². The first-order chi connectivity index (χ1) is 12.6. The lowest BCUT2D eigenvalue weighted by molar-refractivity contribution is -0.137. The molecular weight excluding hydrogens is 395 g/mol. The van der Waals surface area contributed by atoms with E-state index >= 15 is 0 Å². The van der Waals surface area contributed by atoms with Crippen LogP contribution in [0.4, 0.5) is 18.9 Å². The van der Waals surface area contributed by atoms with Crippen molar-refractivity contribution >= 4 is 29.8 Å². The number of anilines is 1. The van der Waals surface area contributed by atoms with Crippen molar-refractivity contribution in [3.63, 3.8) is 0 Å². The summed E-state index contributed by atoms with van der Waals surface area (Å²) in [6.07, 6.45) is -3.35. The number of benzene rings is 1. The van der Waals surface area contributed by atoms with Crippen molar-refractivity contribution in [2.45, 2.75) is 46.3 Å². The molecular formula is C19H23ClF3N3O2. The maximum atomic E-state index is 13.1. The number of aromatic amines is 1. The summed E-state index contributed by atoms with van der Waals surface area (Å²) in [5.41, 5.74) is 6.60. The van der Waals surface area contributed by atoms with Crippen LogP contribution < -0.4 is 11.1 Å². The van der Waals surface area contributed by atoms with Crippen LogP contribution in [-0.4, -0.2) is 16.7 Å². The average molecular weight is 418 g/mol. The Morgan fingerprint density at radius 3 is 2.36 bits per heavy atom. The average Bonchev–Trinajstić information content (AvgIpc) is 2.90. The summed E-state index contributed by atoms with van der Waals surface area (Å²) < 4.78 is 39.2. The Balaban J connectivity index is 0.00000392. The van der Waals surface area contributed by atoms with E-state index in [1.807, 2.05) is 6.92 Å². The van der Waals surface area contributed by atoms with Crippen molar-refractivity contribution in [1.29, 1.82) is 0 Å². The summed E-state index contributed by atoms with van der Waals surface area (Å²) in [4.78, 5) is 27.5. The van der Waals surface area contributed by atoms with Gasteiger partial charge in [0.1, 0.15) is 5.69 Å². The van der Waals surface area contributed by atoms with Gasteiger partial charge in [-0.25, -0.2) is 0 Å². The largest absolute Gasteiger partial charge is 0.416 e. The van der Waals surface area contributed by atoms with Crippen LogP contribution in [0.3, 0.4) is 0 Å². The SMILES string of the molecule is CCCc1c(C(=O)Nc2cc(CN)cc(C(F)(F)F)c2)[nH]c(C)c1C(C)=O.Cl. The van der Waals surface area contributed by atoms with Gasteiger partial charge < -0.3 is 16.0 Å². The highest BCUT2D eigenvalue weighted by Gasteiger charge is 2.31. The fourth-order valence-corrected chi connectivity index (χ4v) is 3.09. The summed E-state index contributed by atoms with van der Waals surface area (Å²) in [5.74, 6) is -0.771. The number of hydrogen-bond donors (Lipinski definition) is 3. The molecule has 2 aromatic rings. The van der Waals surface area contributed by atoms with E-state index in [1.54, 1.807) is 6.92 Å². The quantitative estimate of drug-likeness (QED) is 0.599. The molecule has 2 rings (SSSR count). The third-order valence-corrected chi connectivity index (χ3v) is 4.18. The molecule has 1 heterocycles. The number of amides is 1. The molecule has 0 bridgehead atoms. The van der Waals surface area contributed by atoms with Crippen LogP contribution in [0, 0.1) is 6.92 Å². The molecule has 0 atom stereocenters. The highest BCUT2D eigenvalue weighted by molar-refractivity contribution is 6.07. The number of alkyl halides is 3. The van der Waals surface area contributed by atoms with Crippen molar-refractivity contribution in [3.05, 3.63) is 51.8 Å². The Morgan fingerprint density at radius 2 is 1.86 bits per heavy atom. The highest BCUT2D eigenvalue weighted by Crippen LogP contribution is 2.32. The Labute approximate surface area is 167 Å². The first-order valence-corrected chi connectivity index (χ1v) is 8.53. The van der Waals surface area contributed by atoms with Gasteiger partial charge in [0.2, 0.25) is 0 Å². The monoisotopic (exact) mass is 417 g/mol. The minimum Gasteiger partial charge on any atom is -0.354 e. The zero-order chi connectivity index (χ0) is 20.4. The second kappa shape index (κ2) is 9.25. The maximum Gasteiger partial charge on any atom is 0.416 e. The smallest absolute Gasteiger partial charge is 0.354 e. The molecule has 4 N–H and O–H groups in total. The standard InChI is InChI=1S/C19H22F3N3O2.ClH/c1-4-5-15-16(11(3)26)10(2)24-17(15)18(27)25-14-7-12(9-23)6-13(8-14)19(20,21)22;/h6-8,24H,4-5,9,23H2,1-3H3,(H,25,27);1H. The number of carbonyl (C=O) groups is 2. The number of aromatic nitrogens is 1. The van der Waals surface area contributed by atoms with Crippen molar-refractivity contribution in [3.8, 4) is 0 Å². The third-order valence-electron chi connectivity index (χ3n) is 4.18. The first-order valence-electron chi connectivity index (χ1n) is 8.53. The Bertz CT molecular complexity index is 876. The van der Waals surface area contributed by atoms with Gasteiger partial charge in [-0.2, -0.15) is 13.2 Å². The number of aryl methyl sites for hydroxylation is 1. The predicted octanol–water partition coefficient (Wildman–Crippen LogP) is 4.63. The van der Waals surface area contributed by atoms with Gasteiger partial charge in [-0.05, 0) is 49.6 Å². The molecule has 0 aliphatic rings. The fourth-order valence-electron chi connectivity index (χ4n) is 3.09. The minimum absolute atomic E-state index is 0. The summed E-state index contributed by atoms with van der Waals surface area (Å²) in [6.45, 7) is 4.92. The number of Topliss-reactive ketones (excluding diaryl/α,β-unsaturated/α-hetero) is 1. The lowest BCUT2D eigenvalue weighted by atomic mass is 10.0. The topological polar surface area (TPSA) is 88.0 Å². The van der Waals surface area contributed by atoms with E-state index in [0.29, 0.717) is 29.7 Å². The third kappa shape index (κ3) is 5.14. The Hall–Kier alpha value is -2.32. The van der Waals surface area contributed by atoms with Crippen molar-refractivity contribution in [1.82, 2.24) is 4.98 Å². The van der Waals surface area contributed by atoms with Crippen LogP contribution in [0.2, 0.25) is 0 Å². The number of H-pyrrole nitrogens is 1. The number of hydrogen-bond acceptors (Lipinski definition) is 3. The van der Waals surface area contributed by atoms with Crippen LogP contribution >= 0.6 is 12.4 Å². The van der Waals surface area contributed by atoms with E-state index in [2.05, 4.69) is 10.3 Å². The van der Waals surface area contributed by atoms with E-state index in [9.17, 15) is 22.8 Å². The molecule has 154 valence electrons. The molecule has 0 aliphatic carbocycles.